The van der Waals surface area contributed by atoms with Crippen molar-refractivity contribution in [3.63, 3.8) is 0 Å². The molecule has 1 saturated heterocycles. The van der Waals surface area contributed by atoms with Crippen molar-refractivity contribution in [1.82, 2.24) is 24.5 Å². The number of hydrogen-bond acceptors (Lipinski definition) is 4. The zero-order valence-electron chi connectivity index (χ0n) is 13.8. The molecule has 0 aliphatic carbocycles. The molecule has 0 bridgehead atoms. The second kappa shape index (κ2) is 5.67. The number of likely N-dealkylation sites (tertiary alicyclic amines) is 1. The lowest BCUT2D eigenvalue weighted by atomic mass is 10.2. The van der Waals surface area contributed by atoms with E-state index in [1.165, 1.54) is 0 Å². The van der Waals surface area contributed by atoms with Gasteiger partial charge in [0, 0.05) is 31.5 Å². The minimum Gasteiger partial charge on any atom is -0.367 e. The molecule has 1 unspecified atom stereocenters. The van der Waals surface area contributed by atoms with Crippen LogP contribution >= 0.6 is 0 Å². The van der Waals surface area contributed by atoms with Crippen molar-refractivity contribution in [2.45, 2.75) is 26.3 Å². The molecule has 1 aliphatic rings. The van der Waals surface area contributed by atoms with Crippen LogP contribution in [0.25, 0.3) is 5.65 Å². The number of aryl methyl sites for hydroxylation is 2. The maximum absolute atomic E-state index is 12.6. The molecule has 0 saturated carbocycles. The largest absolute Gasteiger partial charge is 0.367 e. The first-order valence-corrected chi connectivity index (χ1v) is 8.12. The van der Waals surface area contributed by atoms with E-state index in [9.17, 15) is 4.79 Å². The Morgan fingerprint density at radius 3 is 3.00 bits per heavy atom. The average Bonchev–Trinajstić information content (AvgIpc) is 3.25. The molecule has 7 heteroatoms. The van der Waals surface area contributed by atoms with E-state index in [1.54, 1.807) is 10.7 Å². The maximum atomic E-state index is 12.6. The summed E-state index contributed by atoms with van der Waals surface area (Å²) < 4.78 is 1.78. The van der Waals surface area contributed by atoms with Crippen LogP contribution in [0.3, 0.4) is 0 Å². The van der Waals surface area contributed by atoms with Gasteiger partial charge in [0.2, 0.25) is 0 Å². The van der Waals surface area contributed by atoms with Gasteiger partial charge in [-0.15, -0.1) is 5.10 Å². The number of H-pyrrole nitrogens is 1. The van der Waals surface area contributed by atoms with Gasteiger partial charge in [-0.05, 0) is 38.0 Å². The monoisotopic (exact) mass is 324 g/mol. The normalized spacial score (nSPS) is 17.6. The van der Waals surface area contributed by atoms with E-state index >= 15 is 0 Å². The van der Waals surface area contributed by atoms with Crippen LogP contribution in [-0.2, 0) is 0 Å². The highest BCUT2D eigenvalue weighted by Crippen LogP contribution is 2.18. The Morgan fingerprint density at radius 1 is 1.33 bits per heavy atom. The van der Waals surface area contributed by atoms with Crippen LogP contribution in [0.4, 0.5) is 5.82 Å². The molecule has 1 amide bonds. The molecule has 4 heterocycles. The number of nitrogens with one attached hydrogen (secondary N) is 2. The zero-order valence-corrected chi connectivity index (χ0v) is 13.8. The molecule has 1 aliphatic heterocycles. The van der Waals surface area contributed by atoms with Gasteiger partial charge in [0.15, 0.2) is 5.65 Å². The number of aromatic amines is 1. The Balaban J connectivity index is 1.44. The highest BCUT2D eigenvalue weighted by atomic mass is 16.2. The Hall–Kier alpha value is -2.83. The van der Waals surface area contributed by atoms with Crippen LogP contribution in [0.15, 0.2) is 30.7 Å². The van der Waals surface area contributed by atoms with Crippen LogP contribution in [0.5, 0.6) is 0 Å². The number of fused-ring (bicyclic) bond motifs is 1. The summed E-state index contributed by atoms with van der Waals surface area (Å²) in [5, 5.41) is 7.95. The van der Waals surface area contributed by atoms with Crippen molar-refractivity contribution in [3.8, 4) is 0 Å². The minimum absolute atomic E-state index is 0.0895. The van der Waals surface area contributed by atoms with Crippen LogP contribution < -0.4 is 5.32 Å². The summed E-state index contributed by atoms with van der Waals surface area (Å²) in [7, 11) is 0. The lowest BCUT2D eigenvalue weighted by Gasteiger charge is -2.17. The molecule has 4 rings (SSSR count). The number of nitrogens with zero attached hydrogens (tertiary/aromatic N) is 4. The van der Waals surface area contributed by atoms with Crippen LogP contribution in [-0.4, -0.2) is 49.5 Å². The SMILES string of the molecule is Cc1cn2nc(NC3CCN(C(=O)c4c[nH]cc4C)C3)ccc2n1. The number of hydrogen-bond donors (Lipinski definition) is 2. The second-order valence-electron chi connectivity index (χ2n) is 6.34. The van der Waals surface area contributed by atoms with Crippen molar-refractivity contribution >= 4 is 17.4 Å². The van der Waals surface area contributed by atoms with Gasteiger partial charge >= 0.3 is 0 Å². The van der Waals surface area contributed by atoms with E-state index < -0.39 is 0 Å². The van der Waals surface area contributed by atoms with Gasteiger partial charge in [-0.25, -0.2) is 9.50 Å². The molecule has 124 valence electrons. The topological polar surface area (TPSA) is 78.3 Å². The first-order valence-electron chi connectivity index (χ1n) is 8.12. The lowest BCUT2D eigenvalue weighted by molar-refractivity contribution is 0.0791. The van der Waals surface area contributed by atoms with Crippen molar-refractivity contribution in [3.05, 3.63) is 47.5 Å². The van der Waals surface area contributed by atoms with E-state index in [-0.39, 0.29) is 11.9 Å². The smallest absolute Gasteiger partial charge is 0.255 e. The maximum Gasteiger partial charge on any atom is 0.255 e. The van der Waals surface area contributed by atoms with Gasteiger partial charge < -0.3 is 15.2 Å². The van der Waals surface area contributed by atoms with Gasteiger partial charge in [0.1, 0.15) is 5.82 Å². The number of amides is 1. The fraction of sp³-hybridized carbons (Fsp3) is 0.353. The van der Waals surface area contributed by atoms with Gasteiger partial charge in [0.25, 0.3) is 5.91 Å². The van der Waals surface area contributed by atoms with Crippen LogP contribution in [0.2, 0.25) is 0 Å². The Morgan fingerprint density at radius 2 is 2.21 bits per heavy atom. The molecular formula is C17H20N6O. The van der Waals surface area contributed by atoms with E-state index in [4.69, 9.17) is 0 Å². The van der Waals surface area contributed by atoms with Gasteiger partial charge in [-0.1, -0.05) is 0 Å². The molecule has 1 atom stereocenters. The third-order valence-corrected chi connectivity index (χ3v) is 4.45. The highest BCUT2D eigenvalue weighted by molar-refractivity contribution is 5.95. The summed E-state index contributed by atoms with van der Waals surface area (Å²) in [5.74, 6) is 0.892. The second-order valence-corrected chi connectivity index (χ2v) is 6.34. The number of imidazole rings is 1. The average molecular weight is 324 g/mol. The first-order chi connectivity index (χ1) is 11.6. The van der Waals surface area contributed by atoms with E-state index in [1.807, 2.05) is 43.3 Å². The van der Waals surface area contributed by atoms with Gasteiger partial charge in [-0.3, -0.25) is 4.79 Å². The molecule has 0 radical (unpaired) electrons. The fourth-order valence-electron chi connectivity index (χ4n) is 3.19. The molecule has 0 aromatic carbocycles. The quantitative estimate of drug-likeness (QED) is 0.772. The Bertz CT molecular complexity index is 896. The minimum atomic E-state index is 0.0895. The summed E-state index contributed by atoms with van der Waals surface area (Å²) in [6, 6.07) is 4.09. The van der Waals surface area contributed by atoms with Crippen LogP contribution in [0, 0.1) is 13.8 Å². The molecule has 7 nitrogen and oxygen atoms in total. The molecular weight excluding hydrogens is 304 g/mol. The number of aromatic nitrogens is 4. The predicted octanol–water partition coefficient (Wildman–Crippen LogP) is 2.00. The Kier molecular flexibility index (Phi) is 3.48. The molecule has 3 aromatic rings. The van der Waals surface area contributed by atoms with Gasteiger partial charge in [-0.2, -0.15) is 0 Å². The summed E-state index contributed by atoms with van der Waals surface area (Å²) in [5.41, 5.74) is 3.52. The predicted molar refractivity (Wildman–Crippen MR) is 91.2 cm³/mol. The first kappa shape index (κ1) is 14.7. The lowest BCUT2D eigenvalue weighted by Crippen LogP contribution is -2.31. The van der Waals surface area contributed by atoms with Crippen molar-refractivity contribution in [1.29, 1.82) is 0 Å². The van der Waals surface area contributed by atoms with Crippen LogP contribution in [0.1, 0.15) is 28.0 Å². The summed E-state index contributed by atoms with van der Waals surface area (Å²) in [4.78, 5) is 21.8. The number of carbonyl (C=O) groups excluding carboxylic acids is 1. The molecule has 24 heavy (non-hydrogen) atoms. The highest BCUT2D eigenvalue weighted by Gasteiger charge is 2.28. The third kappa shape index (κ3) is 2.62. The fourth-order valence-corrected chi connectivity index (χ4v) is 3.19. The van der Waals surface area contributed by atoms with E-state index in [0.717, 1.165) is 41.3 Å². The summed E-state index contributed by atoms with van der Waals surface area (Å²) >= 11 is 0. The summed E-state index contributed by atoms with van der Waals surface area (Å²) in [6.45, 7) is 5.34. The van der Waals surface area contributed by atoms with E-state index in [2.05, 4.69) is 20.4 Å². The van der Waals surface area contributed by atoms with Crippen molar-refractivity contribution in [2.75, 3.05) is 18.4 Å². The van der Waals surface area contributed by atoms with E-state index in [0.29, 0.717) is 6.54 Å². The molecule has 1 fully saturated rings. The molecule has 2 N–H and O–H groups in total. The standard InChI is InChI=1S/C17H20N6O/c1-11-7-18-8-14(11)17(24)22-6-5-13(10-22)20-15-3-4-16-19-12(2)9-23(16)21-15/h3-4,7-9,13,18H,5-6,10H2,1-2H3,(H,20,21). The number of anilines is 1. The molecule has 0 spiro atoms. The van der Waals surface area contributed by atoms with Gasteiger partial charge in [0.05, 0.1) is 17.5 Å². The zero-order chi connectivity index (χ0) is 16.7. The Labute approximate surface area is 139 Å². The number of carbonyl (C=O) groups is 1. The summed E-state index contributed by atoms with van der Waals surface area (Å²) in [6.07, 6.45) is 6.44. The van der Waals surface area contributed by atoms with Crippen molar-refractivity contribution in [2.24, 2.45) is 0 Å². The third-order valence-electron chi connectivity index (χ3n) is 4.45. The molecule has 3 aromatic heterocycles. The number of rotatable bonds is 3. The van der Waals surface area contributed by atoms with Crippen molar-refractivity contribution < 1.29 is 4.79 Å².